The molecule has 1 aliphatic rings. The highest BCUT2D eigenvalue weighted by Crippen LogP contribution is 2.32. The van der Waals surface area contributed by atoms with Crippen molar-refractivity contribution in [2.45, 2.75) is 26.2 Å². The van der Waals surface area contributed by atoms with E-state index in [0.29, 0.717) is 26.2 Å². The lowest BCUT2D eigenvalue weighted by molar-refractivity contribution is -0.157. The number of benzene rings is 1. The van der Waals surface area contributed by atoms with Crippen molar-refractivity contribution in [3.63, 3.8) is 0 Å². The van der Waals surface area contributed by atoms with Gasteiger partial charge in [-0.15, -0.1) is 12.4 Å². The summed E-state index contributed by atoms with van der Waals surface area (Å²) < 4.78 is 11.0. The van der Waals surface area contributed by atoms with Crippen LogP contribution in [0.4, 0.5) is 0 Å². The summed E-state index contributed by atoms with van der Waals surface area (Å²) in [4.78, 5) is 12.2. The molecule has 4 nitrogen and oxygen atoms in total. The first-order chi connectivity index (χ1) is 9.77. The van der Waals surface area contributed by atoms with Crippen LogP contribution >= 0.6 is 12.4 Å². The van der Waals surface area contributed by atoms with Crippen molar-refractivity contribution in [3.8, 4) is 5.75 Å². The second kappa shape index (κ2) is 8.90. The molecule has 1 heterocycles. The first-order valence-electron chi connectivity index (χ1n) is 7.33. The van der Waals surface area contributed by atoms with Gasteiger partial charge in [-0.2, -0.15) is 0 Å². The van der Waals surface area contributed by atoms with E-state index in [4.69, 9.17) is 9.47 Å². The molecule has 0 radical (unpaired) electrons. The van der Waals surface area contributed by atoms with Crippen LogP contribution in [0.5, 0.6) is 5.75 Å². The lowest BCUT2D eigenvalue weighted by Gasteiger charge is -2.35. The fourth-order valence-corrected chi connectivity index (χ4v) is 2.62. The van der Waals surface area contributed by atoms with Gasteiger partial charge in [-0.25, -0.2) is 0 Å². The summed E-state index contributed by atoms with van der Waals surface area (Å²) in [5.74, 6) is 0.749. The fraction of sp³-hybridized carbons (Fsp3) is 0.562. The summed E-state index contributed by atoms with van der Waals surface area (Å²) in [7, 11) is 0. The summed E-state index contributed by atoms with van der Waals surface area (Å²) in [6, 6.07) is 9.70. The minimum Gasteiger partial charge on any atom is -0.494 e. The standard InChI is InChI=1S/C16H23NO3.ClH/c1-2-19-15(18)16(9-6-11-17-13-16)10-12-20-14-7-4-3-5-8-14;/h3-5,7-8,17H,2,6,9-13H2,1H3;1H. The van der Waals surface area contributed by atoms with E-state index in [2.05, 4.69) is 5.32 Å². The Bertz CT molecular complexity index is 419. The number of hydrogen-bond donors (Lipinski definition) is 1. The molecule has 0 bridgehead atoms. The Balaban J connectivity index is 0.00000220. The van der Waals surface area contributed by atoms with Crippen molar-refractivity contribution in [3.05, 3.63) is 30.3 Å². The highest BCUT2D eigenvalue weighted by atomic mass is 35.5. The maximum atomic E-state index is 12.2. The third-order valence-corrected chi connectivity index (χ3v) is 3.77. The zero-order chi connectivity index (χ0) is 14.3. The van der Waals surface area contributed by atoms with Crippen molar-refractivity contribution in [2.24, 2.45) is 5.41 Å². The van der Waals surface area contributed by atoms with Gasteiger partial charge in [0.25, 0.3) is 0 Å². The van der Waals surface area contributed by atoms with Crippen LogP contribution in [0.25, 0.3) is 0 Å². The molecule has 1 aromatic rings. The minimum absolute atomic E-state index is 0. The molecule has 0 amide bonds. The molecular formula is C16H24ClNO3. The van der Waals surface area contributed by atoms with Crippen molar-refractivity contribution >= 4 is 18.4 Å². The van der Waals surface area contributed by atoms with Crippen LogP contribution in [0.3, 0.4) is 0 Å². The van der Waals surface area contributed by atoms with Gasteiger partial charge in [-0.1, -0.05) is 18.2 Å². The fourth-order valence-electron chi connectivity index (χ4n) is 2.62. The van der Waals surface area contributed by atoms with Crippen LogP contribution in [-0.2, 0) is 9.53 Å². The monoisotopic (exact) mass is 313 g/mol. The Kier molecular flexibility index (Phi) is 7.54. The maximum absolute atomic E-state index is 12.2. The average Bonchev–Trinajstić information content (AvgIpc) is 2.49. The molecule has 1 aromatic carbocycles. The van der Waals surface area contributed by atoms with Gasteiger partial charge in [-0.3, -0.25) is 4.79 Å². The molecule has 1 aliphatic heterocycles. The van der Waals surface area contributed by atoms with Crippen LogP contribution < -0.4 is 10.1 Å². The Morgan fingerprint density at radius 1 is 1.33 bits per heavy atom. The predicted octanol–water partition coefficient (Wildman–Crippen LogP) is 2.81. The van der Waals surface area contributed by atoms with E-state index in [1.165, 1.54) is 0 Å². The summed E-state index contributed by atoms with van der Waals surface area (Å²) in [6.07, 6.45) is 2.56. The van der Waals surface area contributed by atoms with Gasteiger partial charge in [-0.05, 0) is 44.9 Å². The number of hydrogen-bond acceptors (Lipinski definition) is 4. The normalized spacial score (nSPS) is 21.2. The van der Waals surface area contributed by atoms with Crippen LogP contribution in [0.1, 0.15) is 26.2 Å². The molecule has 1 N–H and O–H groups in total. The third kappa shape index (κ3) is 4.90. The number of esters is 1. The number of para-hydroxylation sites is 1. The minimum atomic E-state index is -0.428. The average molecular weight is 314 g/mol. The zero-order valence-corrected chi connectivity index (χ0v) is 13.3. The number of nitrogens with one attached hydrogen (secondary N) is 1. The molecule has 0 saturated carbocycles. The number of rotatable bonds is 6. The molecule has 2 rings (SSSR count). The molecule has 0 aliphatic carbocycles. The Labute approximate surface area is 132 Å². The molecule has 0 aromatic heterocycles. The Hall–Kier alpha value is -1.26. The third-order valence-electron chi connectivity index (χ3n) is 3.77. The summed E-state index contributed by atoms with van der Waals surface area (Å²) >= 11 is 0. The van der Waals surface area contributed by atoms with Gasteiger partial charge in [0.1, 0.15) is 5.75 Å². The highest BCUT2D eigenvalue weighted by molar-refractivity contribution is 5.85. The molecule has 118 valence electrons. The molecule has 1 saturated heterocycles. The van der Waals surface area contributed by atoms with Gasteiger partial charge in [0.2, 0.25) is 0 Å². The maximum Gasteiger partial charge on any atom is 0.313 e. The largest absolute Gasteiger partial charge is 0.494 e. The second-order valence-corrected chi connectivity index (χ2v) is 5.19. The van der Waals surface area contributed by atoms with Gasteiger partial charge in [0, 0.05) is 6.54 Å². The smallest absolute Gasteiger partial charge is 0.313 e. The number of carbonyl (C=O) groups excluding carboxylic acids is 1. The molecular weight excluding hydrogens is 290 g/mol. The summed E-state index contributed by atoms with van der Waals surface area (Å²) in [6.45, 7) is 4.47. The van der Waals surface area contributed by atoms with Gasteiger partial charge < -0.3 is 14.8 Å². The number of carbonyl (C=O) groups is 1. The SMILES string of the molecule is CCOC(=O)C1(CCOc2ccccc2)CCCNC1.Cl. The molecule has 1 unspecified atom stereocenters. The van der Waals surface area contributed by atoms with E-state index in [9.17, 15) is 4.79 Å². The van der Waals surface area contributed by atoms with Crippen molar-refractivity contribution < 1.29 is 14.3 Å². The van der Waals surface area contributed by atoms with Crippen LogP contribution in [0, 0.1) is 5.41 Å². The van der Waals surface area contributed by atoms with E-state index < -0.39 is 5.41 Å². The topological polar surface area (TPSA) is 47.6 Å². The number of halogens is 1. The Morgan fingerprint density at radius 2 is 2.10 bits per heavy atom. The van der Waals surface area contributed by atoms with Crippen molar-refractivity contribution in [1.29, 1.82) is 0 Å². The van der Waals surface area contributed by atoms with E-state index in [-0.39, 0.29) is 18.4 Å². The highest BCUT2D eigenvalue weighted by Gasteiger charge is 2.40. The van der Waals surface area contributed by atoms with Crippen molar-refractivity contribution in [1.82, 2.24) is 5.32 Å². The van der Waals surface area contributed by atoms with E-state index in [1.54, 1.807) is 0 Å². The van der Waals surface area contributed by atoms with Crippen molar-refractivity contribution in [2.75, 3.05) is 26.3 Å². The van der Waals surface area contributed by atoms with E-state index >= 15 is 0 Å². The predicted molar refractivity (Wildman–Crippen MR) is 85.0 cm³/mol. The van der Waals surface area contributed by atoms with Gasteiger partial charge in [0.15, 0.2) is 0 Å². The van der Waals surface area contributed by atoms with Crippen LogP contribution in [0.2, 0.25) is 0 Å². The first kappa shape index (κ1) is 17.8. The van der Waals surface area contributed by atoms with E-state index in [0.717, 1.165) is 25.1 Å². The first-order valence-corrected chi connectivity index (χ1v) is 7.33. The molecule has 1 atom stereocenters. The van der Waals surface area contributed by atoms with E-state index in [1.807, 2.05) is 37.3 Å². The quantitative estimate of drug-likeness (QED) is 0.820. The lowest BCUT2D eigenvalue weighted by Crippen LogP contribution is -2.47. The number of ether oxygens (including phenoxy) is 2. The molecule has 5 heteroatoms. The summed E-state index contributed by atoms with van der Waals surface area (Å²) in [5, 5.41) is 3.31. The van der Waals surface area contributed by atoms with Gasteiger partial charge >= 0.3 is 5.97 Å². The van der Waals surface area contributed by atoms with Crippen LogP contribution in [0.15, 0.2) is 30.3 Å². The lowest BCUT2D eigenvalue weighted by atomic mass is 9.78. The summed E-state index contributed by atoms with van der Waals surface area (Å²) in [5.41, 5.74) is -0.428. The van der Waals surface area contributed by atoms with Gasteiger partial charge in [0.05, 0.1) is 18.6 Å². The molecule has 21 heavy (non-hydrogen) atoms. The second-order valence-electron chi connectivity index (χ2n) is 5.19. The molecule has 0 spiro atoms. The number of piperidine rings is 1. The molecule has 1 fully saturated rings. The Morgan fingerprint density at radius 3 is 2.71 bits per heavy atom. The zero-order valence-electron chi connectivity index (χ0n) is 12.5. The van der Waals surface area contributed by atoms with Crippen LogP contribution in [-0.4, -0.2) is 32.3 Å².